The molecule has 1 aromatic carbocycles. The van der Waals surface area contributed by atoms with E-state index in [1.807, 2.05) is 24.4 Å². The minimum absolute atomic E-state index is 0.00292. The summed E-state index contributed by atoms with van der Waals surface area (Å²) in [7, 11) is 1.53. The van der Waals surface area contributed by atoms with Gasteiger partial charge in [0.05, 0.1) is 36.3 Å². The number of ether oxygens (including phenoxy) is 2. The Morgan fingerprint density at radius 3 is 2.78 bits per heavy atom. The standard InChI is InChI=1S/C22H22ClN3O4S2/c1-14(20(27)25-7-9-30-10-8-25)32-22-24-18(13-16-4-3-11-31-16)21(28)26(22)15-5-6-19(29-2)17(23)12-15/h3-6,11-14H,7-10H2,1-2H3. The van der Waals surface area contributed by atoms with E-state index in [1.54, 1.807) is 29.2 Å². The zero-order valence-electron chi connectivity index (χ0n) is 17.6. The van der Waals surface area contributed by atoms with Gasteiger partial charge in [0.15, 0.2) is 5.17 Å². The molecule has 3 heterocycles. The molecular weight excluding hydrogens is 470 g/mol. The van der Waals surface area contributed by atoms with Crippen molar-refractivity contribution in [3.63, 3.8) is 0 Å². The van der Waals surface area contributed by atoms with Crippen molar-refractivity contribution in [3.8, 4) is 5.75 Å². The SMILES string of the molecule is COc1ccc(N2C(=O)C(=Cc3cccs3)N=C2SC(C)C(=O)N2CCOCC2)cc1Cl. The molecule has 7 nitrogen and oxygen atoms in total. The minimum Gasteiger partial charge on any atom is -0.495 e. The Balaban J connectivity index is 1.64. The Morgan fingerprint density at radius 2 is 2.12 bits per heavy atom. The minimum atomic E-state index is -0.419. The predicted octanol–water partition coefficient (Wildman–Crippen LogP) is 4.13. The maximum Gasteiger partial charge on any atom is 0.283 e. The summed E-state index contributed by atoms with van der Waals surface area (Å²) in [5.74, 6) is 0.239. The van der Waals surface area contributed by atoms with Crippen LogP contribution in [-0.2, 0) is 14.3 Å². The number of benzene rings is 1. The molecule has 32 heavy (non-hydrogen) atoms. The fourth-order valence-corrected chi connectivity index (χ4v) is 5.27. The summed E-state index contributed by atoms with van der Waals surface area (Å²) >= 11 is 9.10. The van der Waals surface area contributed by atoms with E-state index in [0.717, 1.165) is 4.88 Å². The molecule has 0 aliphatic carbocycles. The van der Waals surface area contributed by atoms with Crippen molar-refractivity contribution < 1.29 is 19.1 Å². The maximum atomic E-state index is 13.3. The fraction of sp³-hybridized carbons (Fsp3) is 0.318. The summed E-state index contributed by atoms with van der Waals surface area (Å²) in [6.07, 6.45) is 1.76. The molecule has 1 unspecified atom stereocenters. The molecule has 2 aliphatic rings. The summed E-state index contributed by atoms with van der Waals surface area (Å²) in [6.45, 7) is 4.03. The monoisotopic (exact) mass is 491 g/mol. The first-order valence-electron chi connectivity index (χ1n) is 10.0. The summed E-state index contributed by atoms with van der Waals surface area (Å²) in [4.78, 5) is 35.0. The van der Waals surface area contributed by atoms with E-state index in [2.05, 4.69) is 4.99 Å². The van der Waals surface area contributed by atoms with Crippen molar-refractivity contribution >= 4 is 63.4 Å². The Labute approximate surface area is 199 Å². The van der Waals surface area contributed by atoms with Gasteiger partial charge in [0.1, 0.15) is 11.4 Å². The molecule has 1 saturated heterocycles. The van der Waals surface area contributed by atoms with Crippen LogP contribution in [0.4, 0.5) is 5.69 Å². The molecule has 0 radical (unpaired) electrons. The van der Waals surface area contributed by atoms with Gasteiger partial charge in [0.2, 0.25) is 5.91 Å². The Bertz CT molecular complexity index is 1070. The molecule has 4 rings (SSSR count). The quantitative estimate of drug-likeness (QED) is 0.588. The van der Waals surface area contributed by atoms with Crippen LogP contribution in [0.3, 0.4) is 0 Å². The summed E-state index contributed by atoms with van der Waals surface area (Å²) < 4.78 is 10.6. The van der Waals surface area contributed by atoms with Gasteiger partial charge in [-0.25, -0.2) is 4.99 Å². The van der Waals surface area contributed by atoms with Crippen LogP contribution in [-0.4, -0.2) is 60.5 Å². The van der Waals surface area contributed by atoms with Gasteiger partial charge in [-0.15, -0.1) is 11.3 Å². The average molecular weight is 492 g/mol. The maximum absolute atomic E-state index is 13.3. The van der Waals surface area contributed by atoms with Gasteiger partial charge in [-0.3, -0.25) is 14.5 Å². The van der Waals surface area contributed by atoms with Crippen LogP contribution in [0.1, 0.15) is 11.8 Å². The number of amidine groups is 1. The highest BCUT2D eigenvalue weighted by Crippen LogP contribution is 2.35. The van der Waals surface area contributed by atoms with E-state index in [4.69, 9.17) is 21.1 Å². The zero-order valence-corrected chi connectivity index (χ0v) is 20.0. The zero-order chi connectivity index (χ0) is 22.7. The number of halogens is 1. The first kappa shape index (κ1) is 22.8. The van der Waals surface area contributed by atoms with Gasteiger partial charge < -0.3 is 14.4 Å². The molecular formula is C22H22ClN3O4S2. The Hall–Kier alpha value is -2.33. The van der Waals surface area contributed by atoms with Crippen molar-refractivity contribution in [2.75, 3.05) is 38.3 Å². The van der Waals surface area contributed by atoms with E-state index in [1.165, 1.54) is 35.1 Å². The van der Waals surface area contributed by atoms with Gasteiger partial charge in [-0.05, 0) is 42.6 Å². The number of carbonyl (C=O) groups is 2. The van der Waals surface area contributed by atoms with Crippen molar-refractivity contribution in [2.45, 2.75) is 12.2 Å². The number of morpholine rings is 1. The van der Waals surface area contributed by atoms with Crippen LogP contribution >= 0.6 is 34.7 Å². The molecule has 0 spiro atoms. The van der Waals surface area contributed by atoms with E-state index in [-0.39, 0.29) is 11.8 Å². The van der Waals surface area contributed by atoms with Crippen LogP contribution in [0.25, 0.3) is 6.08 Å². The van der Waals surface area contributed by atoms with E-state index in [0.29, 0.717) is 53.6 Å². The number of hydrogen-bond acceptors (Lipinski definition) is 7. The number of methoxy groups -OCH3 is 1. The molecule has 1 atom stereocenters. The van der Waals surface area contributed by atoms with E-state index >= 15 is 0 Å². The molecule has 2 aliphatic heterocycles. The highest BCUT2D eigenvalue weighted by atomic mass is 35.5. The molecule has 10 heteroatoms. The lowest BCUT2D eigenvalue weighted by Crippen LogP contribution is -2.44. The van der Waals surface area contributed by atoms with Crippen LogP contribution < -0.4 is 9.64 Å². The number of nitrogens with zero attached hydrogens (tertiary/aromatic N) is 3. The van der Waals surface area contributed by atoms with Gasteiger partial charge in [-0.1, -0.05) is 29.4 Å². The van der Waals surface area contributed by atoms with Gasteiger partial charge in [-0.2, -0.15) is 0 Å². The first-order chi connectivity index (χ1) is 15.5. The molecule has 0 N–H and O–H groups in total. The predicted molar refractivity (Wildman–Crippen MR) is 130 cm³/mol. The molecule has 0 bridgehead atoms. The third-order valence-corrected chi connectivity index (χ3v) is 7.15. The van der Waals surface area contributed by atoms with Crippen LogP contribution in [0, 0.1) is 0 Å². The molecule has 0 saturated carbocycles. The molecule has 1 fully saturated rings. The Kier molecular flexibility index (Phi) is 7.20. The second-order valence-corrected chi connectivity index (χ2v) is 9.79. The fourth-order valence-electron chi connectivity index (χ4n) is 3.35. The number of hydrogen-bond donors (Lipinski definition) is 0. The normalized spacial score (nSPS) is 18.8. The van der Waals surface area contributed by atoms with Crippen molar-refractivity contribution in [2.24, 2.45) is 4.99 Å². The van der Waals surface area contributed by atoms with Crippen LogP contribution in [0.2, 0.25) is 5.02 Å². The lowest BCUT2D eigenvalue weighted by Gasteiger charge is -2.29. The van der Waals surface area contributed by atoms with E-state index < -0.39 is 5.25 Å². The number of rotatable bonds is 5. The van der Waals surface area contributed by atoms with Crippen molar-refractivity contribution in [1.82, 2.24) is 4.90 Å². The lowest BCUT2D eigenvalue weighted by atomic mass is 10.2. The Morgan fingerprint density at radius 1 is 1.34 bits per heavy atom. The van der Waals surface area contributed by atoms with Crippen LogP contribution in [0.15, 0.2) is 46.4 Å². The summed E-state index contributed by atoms with van der Waals surface area (Å²) in [6, 6.07) is 8.96. The van der Waals surface area contributed by atoms with Crippen molar-refractivity contribution in [3.05, 3.63) is 51.3 Å². The topological polar surface area (TPSA) is 71.4 Å². The lowest BCUT2D eigenvalue weighted by molar-refractivity contribution is -0.134. The summed E-state index contributed by atoms with van der Waals surface area (Å²) in [5.41, 5.74) is 0.876. The number of carbonyl (C=O) groups excluding carboxylic acids is 2. The van der Waals surface area contributed by atoms with Gasteiger partial charge >= 0.3 is 0 Å². The average Bonchev–Trinajstić information content (AvgIpc) is 3.42. The third-order valence-electron chi connectivity index (χ3n) is 5.00. The molecule has 168 valence electrons. The smallest absolute Gasteiger partial charge is 0.283 e. The number of amides is 2. The van der Waals surface area contributed by atoms with Gasteiger partial charge in [0, 0.05) is 18.0 Å². The second kappa shape index (κ2) is 10.1. The first-order valence-corrected chi connectivity index (χ1v) is 12.2. The van der Waals surface area contributed by atoms with Crippen molar-refractivity contribution in [1.29, 1.82) is 0 Å². The molecule has 1 aromatic heterocycles. The molecule has 2 aromatic rings. The van der Waals surface area contributed by atoms with Crippen LogP contribution in [0.5, 0.6) is 5.75 Å². The second-order valence-electron chi connectivity index (χ2n) is 7.10. The number of anilines is 1. The highest BCUT2D eigenvalue weighted by Gasteiger charge is 2.35. The number of thiophene rings is 1. The van der Waals surface area contributed by atoms with Gasteiger partial charge in [0.25, 0.3) is 5.91 Å². The largest absolute Gasteiger partial charge is 0.495 e. The number of aliphatic imine (C=N–C) groups is 1. The number of thioether (sulfide) groups is 1. The summed E-state index contributed by atoms with van der Waals surface area (Å²) in [5, 5.41) is 2.34. The third kappa shape index (κ3) is 4.85. The van der Waals surface area contributed by atoms with E-state index in [9.17, 15) is 9.59 Å². The molecule has 2 amide bonds. The highest BCUT2D eigenvalue weighted by molar-refractivity contribution is 8.15.